The molecule has 11 heteroatoms. The summed E-state index contributed by atoms with van der Waals surface area (Å²) in [7, 11) is 0. The molecule has 0 spiro atoms. The predicted molar refractivity (Wildman–Crippen MR) is 95.1 cm³/mol. The Labute approximate surface area is 160 Å². The van der Waals surface area contributed by atoms with Crippen molar-refractivity contribution in [1.82, 2.24) is 10.3 Å². The summed E-state index contributed by atoms with van der Waals surface area (Å²) in [5.74, 6) is -0.367. The molecule has 0 saturated carbocycles. The number of benzene rings is 1. The second-order valence-corrected chi connectivity index (χ2v) is 6.17. The number of thioether (sulfide) groups is 1. The zero-order valence-electron chi connectivity index (χ0n) is 12.9. The van der Waals surface area contributed by atoms with Gasteiger partial charge in [-0.25, -0.2) is 9.98 Å². The van der Waals surface area contributed by atoms with Gasteiger partial charge in [0.25, 0.3) is 0 Å². The lowest BCUT2D eigenvalue weighted by Crippen LogP contribution is -2.12. The molecule has 0 saturated heterocycles. The average molecular weight is 421 g/mol. The average Bonchev–Trinajstić information content (AvgIpc) is 2.57. The summed E-state index contributed by atoms with van der Waals surface area (Å²) in [5.41, 5.74) is -0.771. The first-order chi connectivity index (χ1) is 12.2. The van der Waals surface area contributed by atoms with Crippen LogP contribution < -0.4 is 10.1 Å². The van der Waals surface area contributed by atoms with Crippen LogP contribution in [0.15, 0.2) is 35.3 Å². The molecule has 0 aliphatic rings. The minimum absolute atomic E-state index is 0.0212. The Morgan fingerprint density at radius 1 is 1.31 bits per heavy atom. The molecule has 1 aromatic heterocycles. The van der Waals surface area contributed by atoms with Crippen molar-refractivity contribution in [2.75, 3.05) is 6.26 Å². The third kappa shape index (κ3) is 5.17. The number of nitrogens with one attached hydrogen (secondary N) is 1. The predicted octanol–water partition coefficient (Wildman–Crippen LogP) is 5.62. The molecule has 0 amide bonds. The van der Waals surface area contributed by atoms with Crippen LogP contribution in [0, 0.1) is 11.5 Å². The zero-order valence-corrected chi connectivity index (χ0v) is 15.3. The van der Waals surface area contributed by atoms with Crippen molar-refractivity contribution in [2.24, 2.45) is 4.99 Å². The van der Waals surface area contributed by atoms with Crippen LogP contribution >= 0.6 is 35.0 Å². The number of hydrogen-bond acceptors (Lipinski definition) is 5. The van der Waals surface area contributed by atoms with Crippen LogP contribution in [-0.2, 0) is 6.18 Å². The van der Waals surface area contributed by atoms with Gasteiger partial charge in [-0.05, 0) is 24.5 Å². The molecule has 1 heterocycles. The fraction of sp³-hybridized carbons (Fsp3) is 0.133. The van der Waals surface area contributed by atoms with Gasteiger partial charge in [-0.2, -0.15) is 18.4 Å². The quantitative estimate of drug-likeness (QED) is 0.302. The minimum atomic E-state index is -4.60. The number of amidine groups is 1. The topological polar surface area (TPSA) is 70.3 Å². The summed E-state index contributed by atoms with van der Waals surface area (Å²) in [5, 5.41) is 11.4. The molecule has 0 unspecified atom stereocenters. The molecule has 5 nitrogen and oxygen atoms in total. The van der Waals surface area contributed by atoms with Crippen molar-refractivity contribution >= 4 is 45.8 Å². The van der Waals surface area contributed by atoms with E-state index >= 15 is 0 Å². The second kappa shape index (κ2) is 8.49. The fourth-order valence-electron chi connectivity index (χ4n) is 1.73. The molecule has 2 rings (SSSR count). The van der Waals surface area contributed by atoms with Crippen LogP contribution in [0.3, 0.4) is 0 Å². The molecule has 1 N–H and O–H groups in total. The van der Waals surface area contributed by atoms with E-state index in [4.69, 9.17) is 33.2 Å². The van der Waals surface area contributed by atoms with Gasteiger partial charge >= 0.3 is 6.18 Å². The number of halogens is 5. The van der Waals surface area contributed by atoms with Crippen LogP contribution in [0.2, 0.25) is 10.0 Å². The molecule has 0 atom stereocenters. The Hall–Kier alpha value is -2.15. The van der Waals surface area contributed by atoms with E-state index in [2.05, 4.69) is 15.3 Å². The first kappa shape index (κ1) is 20.2. The normalized spacial score (nSPS) is 11.8. The maximum absolute atomic E-state index is 12.7. The molecule has 0 fully saturated rings. The summed E-state index contributed by atoms with van der Waals surface area (Å²) in [4.78, 5) is 7.53. The Balaban J connectivity index is 2.34. The van der Waals surface area contributed by atoms with Crippen LogP contribution in [0.25, 0.3) is 0 Å². The van der Waals surface area contributed by atoms with E-state index in [1.807, 2.05) is 0 Å². The molecule has 2 aromatic rings. The number of pyridine rings is 1. The van der Waals surface area contributed by atoms with Crippen LogP contribution in [0.4, 0.5) is 18.9 Å². The van der Waals surface area contributed by atoms with Crippen molar-refractivity contribution in [3.05, 3.63) is 46.1 Å². The van der Waals surface area contributed by atoms with Crippen molar-refractivity contribution in [3.63, 3.8) is 0 Å². The molecule has 0 bridgehead atoms. The first-order valence-corrected chi connectivity index (χ1v) is 8.71. The van der Waals surface area contributed by atoms with E-state index in [0.717, 1.165) is 12.1 Å². The molecule has 26 heavy (non-hydrogen) atoms. The Bertz CT molecular complexity index is 861. The van der Waals surface area contributed by atoms with Gasteiger partial charge in [-0.3, -0.25) is 5.32 Å². The SMILES string of the molecule is CSC(=Nc1cc(Cl)c(Oc2cccc(C(F)(F)F)n2)c(Cl)c1)NC#N. The minimum Gasteiger partial charge on any atom is -0.436 e. The largest absolute Gasteiger partial charge is 0.436 e. The van der Waals surface area contributed by atoms with E-state index in [0.29, 0.717) is 10.9 Å². The number of alkyl halides is 3. The van der Waals surface area contributed by atoms with Crippen molar-refractivity contribution in [1.29, 1.82) is 5.26 Å². The lowest BCUT2D eigenvalue weighted by molar-refractivity contribution is -0.141. The van der Waals surface area contributed by atoms with Crippen molar-refractivity contribution < 1.29 is 17.9 Å². The number of nitrogens with zero attached hydrogens (tertiary/aromatic N) is 3. The van der Waals surface area contributed by atoms with E-state index in [1.165, 1.54) is 30.0 Å². The van der Waals surface area contributed by atoms with Gasteiger partial charge in [0.15, 0.2) is 17.1 Å². The van der Waals surface area contributed by atoms with Gasteiger partial charge in [-0.15, -0.1) is 0 Å². The number of aromatic nitrogens is 1. The summed E-state index contributed by atoms with van der Waals surface area (Å²) < 4.78 is 43.5. The van der Waals surface area contributed by atoms with E-state index < -0.39 is 11.9 Å². The van der Waals surface area contributed by atoms with Gasteiger partial charge in [0.1, 0.15) is 5.69 Å². The van der Waals surface area contributed by atoms with E-state index in [9.17, 15) is 13.2 Å². The molecule has 136 valence electrons. The monoisotopic (exact) mass is 420 g/mol. The third-order valence-corrected chi connectivity index (χ3v) is 3.93. The Morgan fingerprint density at radius 2 is 1.96 bits per heavy atom. The highest BCUT2D eigenvalue weighted by Gasteiger charge is 2.32. The smallest absolute Gasteiger partial charge is 0.433 e. The summed E-state index contributed by atoms with van der Waals surface area (Å²) >= 11 is 13.4. The highest BCUT2D eigenvalue weighted by Crippen LogP contribution is 2.40. The summed E-state index contributed by atoms with van der Waals surface area (Å²) in [6.07, 6.45) is -1.15. The molecule has 1 aromatic carbocycles. The molecular weight excluding hydrogens is 412 g/mol. The Morgan fingerprint density at radius 3 is 2.50 bits per heavy atom. The van der Waals surface area contributed by atoms with Crippen LogP contribution in [0.5, 0.6) is 11.6 Å². The van der Waals surface area contributed by atoms with Gasteiger partial charge in [0, 0.05) is 6.07 Å². The van der Waals surface area contributed by atoms with Gasteiger partial charge in [0.05, 0.1) is 15.7 Å². The highest BCUT2D eigenvalue weighted by atomic mass is 35.5. The number of nitriles is 1. The van der Waals surface area contributed by atoms with Gasteiger partial charge < -0.3 is 4.74 Å². The number of rotatable bonds is 3. The molecule has 0 aliphatic heterocycles. The van der Waals surface area contributed by atoms with E-state index in [-0.39, 0.29) is 21.7 Å². The lowest BCUT2D eigenvalue weighted by Gasteiger charge is -2.11. The third-order valence-electron chi connectivity index (χ3n) is 2.79. The molecule has 0 aliphatic carbocycles. The zero-order chi connectivity index (χ0) is 19.3. The number of ether oxygens (including phenoxy) is 1. The van der Waals surface area contributed by atoms with Crippen LogP contribution in [0.1, 0.15) is 5.69 Å². The molecular formula is C15H9Cl2F3N4OS. The van der Waals surface area contributed by atoms with Crippen molar-refractivity contribution in [3.8, 4) is 17.8 Å². The molecule has 0 radical (unpaired) electrons. The highest BCUT2D eigenvalue weighted by molar-refractivity contribution is 8.13. The van der Waals surface area contributed by atoms with Gasteiger partial charge in [0.2, 0.25) is 5.88 Å². The number of aliphatic imine (C=N–C) groups is 1. The number of hydrogen-bond donors (Lipinski definition) is 1. The summed E-state index contributed by atoms with van der Waals surface area (Å²) in [6.45, 7) is 0. The van der Waals surface area contributed by atoms with Crippen LogP contribution in [-0.4, -0.2) is 16.4 Å². The first-order valence-electron chi connectivity index (χ1n) is 6.73. The maximum atomic E-state index is 12.7. The Kier molecular flexibility index (Phi) is 6.58. The second-order valence-electron chi connectivity index (χ2n) is 4.56. The van der Waals surface area contributed by atoms with Crippen molar-refractivity contribution in [2.45, 2.75) is 6.18 Å². The summed E-state index contributed by atoms with van der Waals surface area (Å²) in [6, 6.07) is 6.01. The standard InChI is InChI=1S/C15H9Cl2F3N4OS/c1-26-14(22-7-21)23-8-5-9(16)13(10(17)6-8)25-12-4-2-3-11(24-12)15(18,19)20/h2-6H,1H3,(H,22,23). The lowest BCUT2D eigenvalue weighted by atomic mass is 10.3. The van der Waals surface area contributed by atoms with E-state index in [1.54, 1.807) is 12.4 Å². The fourth-order valence-corrected chi connectivity index (χ4v) is 2.63. The van der Waals surface area contributed by atoms with Gasteiger partial charge in [-0.1, -0.05) is 41.0 Å². The maximum Gasteiger partial charge on any atom is 0.433 e.